The standard InChI is InChI=1S/C5H4BrClN2O/c1-9-5(7)4(6)3(2-10)8-9/h2H,1H3. The van der Waals surface area contributed by atoms with Gasteiger partial charge in [0.2, 0.25) is 0 Å². The Morgan fingerprint density at radius 3 is 2.60 bits per heavy atom. The summed E-state index contributed by atoms with van der Waals surface area (Å²) in [5.41, 5.74) is 0.326. The number of aromatic nitrogens is 2. The van der Waals surface area contributed by atoms with Gasteiger partial charge in [0.15, 0.2) is 6.29 Å². The highest BCUT2D eigenvalue weighted by Gasteiger charge is 2.09. The monoisotopic (exact) mass is 222 g/mol. The Labute approximate surface area is 71.1 Å². The lowest BCUT2D eigenvalue weighted by Crippen LogP contribution is -1.90. The van der Waals surface area contributed by atoms with Gasteiger partial charge in [0, 0.05) is 7.05 Å². The topological polar surface area (TPSA) is 34.9 Å². The number of rotatable bonds is 1. The Morgan fingerprint density at radius 2 is 2.40 bits per heavy atom. The molecule has 1 rings (SSSR count). The van der Waals surface area contributed by atoms with Crippen molar-refractivity contribution >= 4 is 33.8 Å². The van der Waals surface area contributed by atoms with Crippen LogP contribution in [0.2, 0.25) is 5.15 Å². The Bertz CT molecular complexity index is 271. The van der Waals surface area contributed by atoms with Crippen molar-refractivity contribution < 1.29 is 4.79 Å². The Hall–Kier alpha value is -0.350. The van der Waals surface area contributed by atoms with Gasteiger partial charge in [-0.3, -0.25) is 9.48 Å². The van der Waals surface area contributed by atoms with Crippen LogP contribution in [-0.2, 0) is 7.05 Å². The fourth-order valence-electron chi connectivity index (χ4n) is 0.572. The van der Waals surface area contributed by atoms with Gasteiger partial charge in [-0.1, -0.05) is 11.6 Å². The van der Waals surface area contributed by atoms with E-state index in [1.54, 1.807) is 7.05 Å². The Morgan fingerprint density at radius 1 is 1.80 bits per heavy atom. The molecule has 10 heavy (non-hydrogen) atoms. The second kappa shape index (κ2) is 2.72. The summed E-state index contributed by atoms with van der Waals surface area (Å²) in [5, 5.41) is 4.23. The van der Waals surface area contributed by atoms with Crippen molar-refractivity contribution in [2.24, 2.45) is 7.05 Å². The molecule has 0 N–H and O–H groups in total. The van der Waals surface area contributed by atoms with Crippen LogP contribution in [0.25, 0.3) is 0 Å². The maximum absolute atomic E-state index is 10.2. The van der Waals surface area contributed by atoms with Crippen LogP contribution in [0.4, 0.5) is 0 Å². The van der Waals surface area contributed by atoms with Gasteiger partial charge in [-0.2, -0.15) is 5.10 Å². The number of hydrogen-bond acceptors (Lipinski definition) is 2. The van der Waals surface area contributed by atoms with E-state index >= 15 is 0 Å². The van der Waals surface area contributed by atoms with Crippen LogP contribution in [0.3, 0.4) is 0 Å². The molecule has 0 aromatic carbocycles. The maximum Gasteiger partial charge on any atom is 0.171 e. The van der Waals surface area contributed by atoms with Crippen molar-refractivity contribution in [1.29, 1.82) is 0 Å². The summed E-state index contributed by atoms with van der Waals surface area (Å²) < 4.78 is 1.97. The zero-order valence-electron chi connectivity index (χ0n) is 5.14. The van der Waals surface area contributed by atoms with Gasteiger partial charge < -0.3 is 0 Å². The quantitative estimate of drug-likeness (QED) is 0.679. The minimum absolute atomic E-state index is 0.326. The highest BCUT2D eigenvalue weighted by Crippen LogP contribution is 2.23. The van der Waals surface area contributed by atoms with Crippen molar-refractivity contribution in [3.8, 4) is 0 Å². The van der Waals surface area contributed by atoms with Gasteiger partial charge >= 0.3 is 0 Å². The molecule has 0 aliphatic heterocycles. The molecule has 0 spiro atoms. The molecule has 0 aliphatic rings. The van der Waals surface area contributed by atoms with E-state index in [9.17, 15) is 4.79 Å². The number of carbonyl (C=O) groups is 1. The summed E-state index contributed by atoms with van der Waals surface area (Å²) in [6, 6.07) is 0. The lowest BCUT2D eigenvalue weighted by molar-refractivity contribution is 0.111. The predicted octanol–water partition coefficient (Wildman–Crippen LogP) is 1.65. The molecule has 5 heteroatoms. The van der Waals surface area contributed by atoms with E-state index in [2.05, 4.69) is 21.0 Å². The molecule has 0 unspecified atom stereocenters. The van der Waals surface area contributed by atoms with Crippen LogP contribution in [0.5, 0.6) is 0 Å². The first-order valence-electron chi connectivity index (χ1n) is 2.50. The first-order valence-corrected chi connectivity index (χ1v) is 3.67. The van der Waals surface area contributed by atoms with Crippen molar-refractivity contribution in [2.45, 2.75) is 0 Å². The molecule has 1 heterocycles. The van der Waals surface area contributed by atoms with E-state index in [1.165, 1.54) is 4.68 Å². The third-order valence-corrected chi connectivity index (χ3v) is 2.50. The second-order valence-corrected chi connectivity index (χ2v) is 2.88. The van der Waals surface area contributed by atoms with Gasteiger partial charge in [-0.15, -0.1) is 0 Å². The van der Waals surface area contributed by atoms with E-state index in [4.69, 9.17) is 11.6 Å². The molecule has 0 saturated carbocycles. The zero-order chi connectivity index (χ0) is 7.72. The van der Waals surface area contributed by atoms with Crippen molar-refractivity contribution in [1.82, 2.24) is 9.78 Å². The molecule has 0 atom stereocenters. The van der Waals surface area contributed by atoms with E-state index in [0.29, 0.717) is 21.6 Å². The van der Waals surface area contributed by atoms with Crippen LogP contribution < -0.4 is 0 Å². The van der Waals surface area contributed by atoms with Crippen LogP contribution in [0.15, 0.2) is 4.47 Å². The predicted molar refractivity (Wildman–Crippen MR) is 41.3 cm³/mol. The maximum atomic E-state index is 10.2. The number of nitrogens with zero attached hydrogens (tertiary/aromatic N) is 2. The lowest BCUT2D eigenvalue weighted by Gasteiger charge is -1.86. The summed E-state index contributed by atoms with van der Waals surface area (Å²) >= 11 is 8.79. The number of halogens is 2. The summed E-state index contributed by atoms with van der Waals surface area (Å²) in [5.74, 6) is 0. The van der Waals surface area contributed by atoms with Crippen molar-refractivity contribution in [3.05, 3.63) is 15.3 Å². The molecule has 0 amide bonds. The van der Waals surface area contributed by atoms with Crippen LogP contribution in [0, 0.1) is 0 Å². The van der Waals surface area contributed by atoms with Gasteiger partial charge in [0.05, 0.1) is 4.47 Å². The zero-order valence-corrected chi connectivity index (χ0v) is 7.48. The lowest BCUT2D eigenvalue weighted by atomic mass is 10.5. The molecular weight excluding hydrogens is 219 g/mol. The third-order valence-electron chi connectivity index (χ3n) is 1.06. The summed E-state index contributed by atoms with van der Waals surface area (Å²) in [4.78, 5) is 10.2. The summed E-state index contributed by atoms with van der Waals surface area (Å²) in [6.45, 7) is 0. The summed E-state index contributed by atoms with van der Waals surface area (Å²) in [7, 11) is 1.67. The molecule has 0 saturated heterocycles. The smallest absolute Gasteiger partial charge is 0.171 e. The minimum atomic E-state index is 0.326. The average molecular weight is 223 g/mol. The largest absolute Gasteiger partial charge is 0.296 e. The number of carbonyl (C=O) groups excluding carboxylic acids is 1. The van der Waals surface area contributed by atoms with Crippen molar-refractivity contribution in [3.63, 3.8) is 0 Å². The molecule has 3 nitrogen and oxygen atoms in total. The molecule has 1 aromatic rings. The highest BCUT2D eigenvalue weighted by atomic mass is 79.9. The average Bonchev–Trinajstić information content (AvgIpc) is 2.17. The Kier molecular flexibility index (Phi) is 2.11. The van der Waals surface area contributed by atoms with Gasteiger partial charge in [-0.25, -0.2) is 0 Å². The SMILES string of the molecule is Cn1nc(C=O)c(Br)c1Cl. The number of aryl methyl sites for hydroxylation is 1. The van der Waals surface area contributed by atoms with E-state index in [-0.39, 0.29) is 0 Å². The molecule has 0 bridgehead atoms. The third kappa shape index (κ3) is 1.09. The minimum Gasteiger partial charge on any atom is -0.296 e. The second-order valence-electron chi connectivity index (χ2n) is 1.73. The first-order chi connectivity index (χ1) is 4.66. The van der Waals surface area contributed by atoms with Gasteiger partial charge in [-0.05, 0) is 15.9 Å². The highest BCUT2D eigenvalue weighted by molar-refractivity contribution is 9.10. The molecule has 54 valence electrons. The molecule has 0 radical (unpaired) electrons. The van der Waals surface area contributed by atoms with Crippen LogP contribution in [-0.4, -0.2) is 16.1 Å². The van der Waals surface area contributed by atoms with Crippen LogP contribution in [0.1, 0.15) is 10.5 Å². The van der Waals surface area contributed by atoms with Gasteiger partial charge in [0.1, 0.15) is 10.8 Å². The first kappa shape index (κ1) is 7.75. The van der Waals surface area contributed by atoms with E-state index < -0.39 is 0 Å². The van der Waals surface area contributed by atoms with Crippen molar-refractivity contribution in [2.75, 3.05) is 0 Å². The van der Waals surface area contributed by atoms with Gasteiger partial charge in [0.25, 0.3) is 0 Å². The molecular formula is C5H4BrClN2O. The molecule has 0 aliphatic carbocycles. The Balaban J connectivity index is 3.30. The van der Waals surface area contributed by atoms with E-state index in [0.717, 1.165) is 0 Å². The van der Waals surface area contributed by atoms with E-state index in [1.807, 2.05) is 0 Å². The molecule has 0 fully saturated rings. The molecule has 1 aromatic heterocycles. The normalized spacial score (nSPS) is 9.90. The number of aldehydes is 1. The van der Waals surface area contributed by atoms with Crippen LogP contribution >= 0.6 is 27.5 Å². The number of hydrogen-bond donors (Lipinski definition) is 0. The summed E-state index contributed by atoms with van der Waals surface area (Å²) in [6.07, 6.45) is 0.649. The fraction of sp³-hybridized carbons (Fsp3) is 0.200. The fourth-order valence-corrected chi connectivity index (χ4v) is 1.14.